The highest BCUT2D eigenvalue weighted by molar-refractivity contribution is 5.83. The Balaban J connectivity index is 1.66. The number of carbonyl (C=O) groups is 2. The maximum absolute atomic E-state index is 13.1. The van der Waals surface area contributed by atoms with E-state index in [-0.39, 0.29) is 24.5 Å². The molecule has 2 aromatic rings. The van der Waals surface area contributed by atoms with Crippen molar-refractivity contribution in [3.05, 3.63) is 59.5 Å². The topological polar surface area (TPSA) is 63.0 Å². The Morgan fingerprint density at radius 2 is 1.90 bits per heavy atom. The lowest BCUT2D eigenvalue weighted by molar-refractivity contribution is -0.141. The molecule has 156 valence electrons. The normalized spacial score (nSPS) is 16.0. The van der Waals surface area contributed by atoms with Crippen molar-refractivity contribution in [3.8, 4) is 0 Å². The molecule has 3 rings (SSSR count). The highest BCUT2D eigenvalue weighted by Crippen LogP contribution is 2.15. The minimum absolute atomic E-state index is 0.0252. The monoisotopic (exact) mass is 398 g/mol. The maximum atomic E-state index is 13.1. The van der Waals surface area contributed by atoms with E-state index in [2.05, 4.69) is 12.1 Å². The molecule has 0 saturated carbocycles. The molecule has 2 heterocycles. The summed E-state index contributed by atoms with van der Waals surface area (Å²) in [6.07, 6.45) is 2.71. The zero-order chi connectivity index (χ0) is 20.6. The van der Waals surface area contributed by atoms with Gasteiger partial charge in [0.25, 0.3) is 0 Å². The van der Waals surface area contributed by atoms with Crippen LogP contribution >= 0.6 is 0 Å². The molecule has 1 aliphatic heterocycles. The first-order chi connectivity index (χ1) is 14.0. The third-order valence-electron chi connectivity index (χ3n) is 5.23. The summed E-state index contributed by atoms with van der Waals surface area (Å²) < 4.78 is 11.3. The molecule has 6 nitrogen and oxygen atoms in total. The number of hydrogen-bond acceptors (Lipinski definition) is 4. The van der Waals surface area contributed by atoms with Crippen LogP contribution < -0.4 is 0 Å². The van der Waals surface area contributed by atoms with Crippen LogP contribution in [0.4, 0.5) is 0 Å². The van der Waals surface area contributed by atoms with E-state index < -0.39 is 0 Å². The van der Waals surface area contributed by atoms with E-state index in [0.717, 1.165) is 37.4 Å². The van der Waals surface area contributed by atoms with Gasteiger partial charge in [0.2, 0.25) is 11.8 Å². The number of aryl methyl sites for hydroxylation is 1. The summed E-state index contributed by atoms with van der Waals surface area (Å²) in [6, 6.07) is 13.9. The number of carbonyl (C=O) groups excluding carboxylic acids is 2. The van der Waals surface area contributed by atoms with Crippen LogP contribution in [0, 0.1) is 6.92 Å². The molecule has 6 heteroatoms. The van der Waals surface area contributed by atoms with Crippen molar-refractivity contribution < 1.29 is 18.7 Å². The van der Waals surface area contributed by atoms with E-state index in [1.807, 2.05) is 37.3 Å². The van der Waals surface area contributed by atoms with E-state index in [4.69, 9.17) is 9.15 Å². The van der Waals surface area contributed by atoms with E-state index in [9.17, 15) is 9.59 Å². The molecule has 1 fully saturated rings. The molecule has 29 heavy (non-hydrogen) atoms. The first-order valence-corrected chi connectivity index (χ1v) is 10.3. The lowest BCUT2D eigenvalue weighted by atomic mass is 10.1. The number of nitrogens with zero attached hydrogens (tertiary/aromatic N) is 2. The molecule has 0 aliphatic carbocycles. The summed E-state index contributed by atoms with van der Waals surface area (Å²) in [5, 5.41) is 0. The van der Waals surface area contributed by atoms with Crippen molar-refractivity contribution >= 4 is 11.8 Å². The number of rotatable bonds is 9. The average molecular weight is 399 g/mol. The van der Waals surface area contributed by atoms with Gasteiger partial charge in [-0.3, -0.25) is 9.59 Å². The van der Waals surface area contributed by atoms with Gasteiger partial charge in [0.15, 0.2) is 0 Å². The fourth-order valence-electron chi connectivity index (χ4n) is 3.56. The molecule has 2 amide bonds. The molecule has 1 atom stereocenters. The predicted octanol–water partition coefficient (Wildman–Crippen LogP) is 3.19. The molecule has 0 spiro atoms. The highest BCUT2D eigenvalue weighted by atomic mass is 16.5. The van der Waals surface area contributed by atoms with Crippen LogP contribution in [0.5, 0.6) is 0 Å². The minimum atomic E-state index is -0.106. The van der Waals surface area contributed by atoms with Crippen molar-refractivity contribution in [2.75, 3.05) is 26.2 Å². The van der Waals surface area contributed by atoms with Gasteiger partial charge in [0.1, 0.15) is 11.5 Å². The summed E-state index contributed by atoms with van der Waals surface area (Å²) in [4.78, 5) is 28.6. The van der Waals surface area contributed by atoms with Gasteiger partial charge in [-0.2, -0.15) is 0 Å². The second-order valence-electron chi connectivity index (χ2n) is 7.60. The standard InChI is InChI=1S/C23H30N2O4/c1-18-10-11-22(29-18)16-24(13-12-20-7-4-3-5-8-20)23(27)17-25(19(2)26)15-21-9-6-14-28-21/h3-5,7-8,10-11,21H,6,9,12-17H2,1-2H3/t21-/m1/s1. The van der Waals surface area contributed by atoms with E-state index in [0.29, 0.717) is 19.6 Å². The third kappa shape index (κ3) is 6.46. The van der Waals surface area contributed by atoms with E-state index >= 15 is 0 Å². The van der Waals surface area contributed by atoms with Crippen molar-refractivity contribution in [2.45, 2.75) is 45.8 Å². The van der Waals surface area contributed by atoms with Crippen molar-refractivity contribution in [1.82, 2.24) is 9.80 Å². The Morgan fingerprint density at radius 3 is 2.52 bits per heavy atom. The summed E-state index contributed by atoms with van der Waals surface area (Å²) >= 11 is 0. The molecule has 0 bridgehead atoms. The van der Waals surface area contributed by atoms with Gasteiger partial charge >= 0.3 is 0 Å². The fourth-order valence-corrected chi connectivity index (χ4v) is 3.56. The molecule has 1 saturated heterocycles. The number of benzene rings is 1. The predicted molar refractivity (Wildman–Crippen MR) is 110 cm³/mol. The zero-order valence-corrected chi connectivity index (χ0v) is 17.3. The van der Waals surface area contributed by atoms with Gasteiger partial charge < -0.3 is 19.0 Å². The Kier molecular flexibility index (Phi) is 7.47. The maximum Gasteiger partial charge on any atom is 0.242 e. The molecule has 1 aromatic heterocycles. The lowest BCUT2D eigenvalue weighted by Gasteiger charge is -2.28. The highest BCUT2D eigenvalue weighted by Gasteiger charge is 2.25. The molecular formula is C23H30N2O4. The fraction of sp³-hybridized carbons (Fsp3) is 0.478. The Labute approximate surface area is 172 Å². The number of hydrogen-bond donors (Lipinski definition) is 0. The molecular weight excluding hydrogens is 368 g/mol. The van der Waals surface area contributed by atoms with Crippen LogP contribution in [0.3, 0.4) is 0 Å². The quantitative estimate of drug-likeness (QED) is 0.651. The van der Waals surface area contributed by atoms with Gasteiger partial charge in [-0.05, 0) is 43.9 Å². The number of furan rings is 1. The van der Waals surface area contributed by atoms with Gasteiger partial charge in [-0.25, -0.2) is 0 Å². The number of ether oxygens (including phenoxy) is 1. The second-order valence-corrected chi connectivity index (χ2v) is 7.60. The largest absolute Gasteiger partial charge is 0.464 e. The zero-order valence-electron chi connectivity index (χ0n) is 17.3. The Bertz CT molecular complexity index is 796. The van der Waals surface area contributed by atoms with Crippen LogP contribution in [-0.2, 0) is 27.3 Å². The van der Waals surface area contributed by atoms with Gasteiger partial charge in [-0.15, -0.1) is 0 Å². The van der Waals surface area contributed by atoms with Crippen LogP contribution in [0.25, 0.3) is 0 Å². The van der Waals surface area contributed by atoms with Crippen molar-refractivity contribution in [1.29, 1.82) is 0 Å². The van der Waals surface area contributed by atoms with Crippen LogP contribution in [0.1, 0.15) is 36.8 Å². The SMILES string of the molecule is CC(=O)N(CC(=O)N(CCc1ccccc1)Cc1ccc(C)o1)C[C@H]1CCCO1. The first-order valence-electron chi connectivity index (χ1n) is 10.3. The smallest absolute Gasteiger partial charge is 0.242 e. The summed E-state index contributed by atoms with van der Waals surface area (Å²) in [7, 11) is 0. The van der Waals surface area contributed by atoms with Crippen molar-refractivity contribution in [2.24, 2.45) is 0 Å². The molecule has 1 aromatic carbocycles. The lowest BCUT2D eigenvalue weighted by Crippen LogP contribution is -2.45. The van der Waals surface area contributed by atoms with E-state index in [1.165, 1.54) is 12.5 Å². The number of amides is 2. The molecule has 1 aliphatic rings. The molecule has 0 radical (unpaired) electrons. The van der Waals surface area contributed by atoms with Crippen LogP contribution in [0.15, 0.2) is 46.9 Å². The van der Waals surface area contributed by atoms with Crippen molar-refractivity contribution in [3.63, 3.8) is 0 Å². The van der Waals surface area contributed by atoms with Crippen LogP contribution in [-0.4, -0.2) is 54.0 Å². The average Bonchev–Trinajstić information content (AvgIpc) is 3.36. The minimum Gasteiger partial charge on any atom is -0.464 e. The second kappa shape index (κ2) is 10.3. The van der Waals surface area contributed by atoms with Gasteiger partial charge in [0.05, 0.1) is 19.2 Å². The van der Waals surface area contributed by atoms with Gasteiger partial charge in [0, 0.05) is 26.6 Å². The molecule has 0 N–H and O–H groups in total. The van der Waals surface area contributed by atoms with E-state index in [1.54, 1.807) is 9.80 Å². The summed E-state index contributed by atoms with van der Waals surface area (Å²) in [5.74, 6) is 1.38. The van der Waals surface area contributed by atoms with Crippen LogP contribution in [0.2, 0.25) is 0 Å². The first kappa shape index (κ1) is 21.1. The summed E-state index contributed by atoms with van der Waals surface area (Å²) in [6.45, 7) is 5.60. The molecule has 0 unspecified atom stereocenters. The third-order valence-corrected chi connectivity index (χ3v) is 5.23. The summed E-state index contributed by atoms with van der Waals surface area (Å²) in [5.41, 5.74) is 1.17. The Morgan fingerprint density at radius 1 is 1.10 bits per heavy atom. The van der Waals surface area contributed by atoms with Gasteiger partial charge in [-0.1, -0.05) is 30.3 Å². The Hall–Kier alpha value is -2.60.